The number of non-ortho nitro benzene ring substituents is 1. The molecule has 2 heterocycles. The van der Waals surface area contributed by atoms with Crippen LogP contribution in [0.5, 0.6) is 5.88 Å². The van der Waals surface area contributed by atoms with E-state index in [2.05, 4.69) is 21.4 Å². The molecule has 0 bridgehead atoms. The number of aromatic nitrogens is 2. The Hall–Kier alpha value is -3.73. The van der Waals surface area contributed by atoms with E-state index in [0.29, 0.717) is 34.7 Å². The highest BCUT2D eigenvalue weighted by molar-refractivity contribution is 5.88. The van der Waals surface area contributed by atoms with Crippen molar-refractivity contribution in [2.45, 2.75) is 6.54 Å². The molecule has 2 aromatic heterocycles. The highest BCUT2D eigenvalue weighted by Crippen LogP contribution is 2.25. The number of anilines is 1. The van der Waals surface area contributed by atoms with Crippen LogP contribution in [0.3, 0.4) is 0 Å². The van der Waals surface area contributed by atoms with E-state index in [-0.39, 0.29) is 5.69 Å². The summed E-state index contributed by atoms with van der Waals surface area (Å²) in [5, 5.41) is 23.8. The van der Waals surface area contributed by atoms with Gasteiger partial charge < -0.3 is 10.1 Å². The zero-order chi connectivity index (χ0) is 17.8. The summed E-state index contributed by atoms with van der Waals surface area (Å²) in [6.07, 6.45) is 1.68. The van der Waals surface area contributed by atoms with Crippen molar-refractivity contribution in [2.75, 3.05) is 12.4 Å². The maximum atomic E-state index is 10.9. The molecule has 25 heavy (non-hydrogen) atoms. The first-order chi connectivity index (χ1) is 12.1. The van der Waals surface area contributed by atoms with Gasteiger partial charge >= 0.3 is 0 Å². The lowest BCUT2D eigenvalue weighted by Gasteiger charge is -2.08. The SMILES string of the molecule is COc1ccc(CNc2cc(C#N)c3cc([N+](=O)[O-])ccc3n2)cn1. The molecule has 3 rings (SSSR count). The van der Waals surface area contributed by atoms with Gasteiger partial charge in [-0.25, -0.2) is 9.97 Å². The molecular weight excluding hydrogens is 322 g/mol. The smallest absolute Gasteiger partial charge is 0.270 e. The number of nitriles is 1. The number of nitro groups is 1. The normalized spacial score (nSPS) is 10.2. The monoisotopic (exact) mass is 335 g/mol. The summed E-state index contributed by atoms with van der Waals surface area (Å²) in [7, 11) is 1.55. The molecule has 3 aromatic rings. The topological polar surface area (TPSA) is 114 Å². The molecule has 0 atom stereocenters. The van der Waals surface area contributed by atoms with E-state index >= 15 is 0 Å². The van der Waals surface area contributed by atoms with E-state index < -0.39 is 4.92 Å². The first kappa shape index (κ1) is 16.1. The van der Waals surface area contributed by atoms with Crippen LogP contribution < -0.4 is 10.1 Å². The average molecular weight is 335 g/mol. The Kier molecular flexibility index (Phi) is 4.39. The van der Waals surface area contributed by atoms with Gasteiger partial charge in [0.15, 0.2) is 0 Å². The van der Waals surface area contributed by atoms with E-state index in [1.807, 2.05) is 6.07 Å². The molecule has 1 N–H and O–H groups in total. The minimum Gasteiger partial charge on any atom is -0.481 e. The van der Waals surface area contributed by atoms with Gasteiger partial charge in [0, 0.05) is 36.3 Å². The number of pyridine rings is 2. The van der Waals surface area contributed by atoms with Crippen LogP contribution in [0.2, 0.25) is 0 Å². The lowest BCUT2D eigenvalue weighted by molar-refractivity contribution is -0.384. The highest BCUT2D eigenvalue weighted by Gasteiger charge is 2.11. The first-order valence-electron chi connectivity index (χ1n) is 7.33. The molecule has 0 spiro atoms. The van der Waals surface area contributed by atoms with Crippen molar-refractivity contribution in [3.8, 4) is 11.9 Å². The zero-order valence-electron chi connectivity index (χ0n) is 13.3. The number of methoxy groups -OCH3 is 1. The van der Waals surface area contributed by atoms with Crippen LogP contribution in [0.1, 0.15) is 11.1 Å². The highest BCUT2D eigenvalue weighted by atomic mass is 16.6. The van der Waals surface area contributed by atoms with Crippen molar-refractivity contribution in [3.63, 3.8) is 0 Å². The summed E-state index contributed by atoms with van der Waals surface area (Å²) in [4.78, 5) is 18.9. The van der Waals surface area contributed by atoms with E-state index in [0.717, 1.165) is 5.56 Å². The van der Waals surface area contributed by atoms with Gasteiger partial charge in [-0.1, -0.05) is 6.07 Å². The van der Waals surface area contributed by atoms with Gasteiger partial charge in [0.1, 0.15) is 5.82 Å². The Morgan fingerprint density at radius 2 is 2.16 bits per heavy atom. The minimum absolute atomic E-state index is 0.0733. The molecule has 0 radical (unpaired) electrons. The van der Waals surface area contributed by atoms with Gasteiger partial charge in [-0.05, 0) is 17.7 Å². The van der Waals surface area contributed by atoms with Gasteiger partial charge in [0.25, 0.3) is 5.69 Å². The average Bonchev–Trinajstić information content (AvgIpc) is 2.65. The fraction of sp³-hybridized carbons (Fsp3) is 0.118. The molecule has 0 fully saturated rings. The minimum atomic E-state index is -0.497. The molecule has 0 aliphatic carbocycles. The summed E-state index contributed by atoms with van der Waals surface area (Å²) in [6.45, 7) is 0.466. The predicted octanol–water partition coefficient (Wildman–Crippen LogP) is 3.03. The van der Waals surface area contributed by atoms with Crippen LogP contribution in [-0.2, 0) is 6.54 Å². The second-order valence-electron chi connectivity index (χ2n) is 5.19. The Labute approximate surface area is 142 Å². The van der Waals surface area contributed by atoms with Gasteiger partial charge in [-0.2, -0.15) is 5.26 Å². The third-order valence-corrected chi connectivity index (χ3v) is 3.60. The molecular formula is C17H13N5O3. The molecule has 8 nitrogen and oxygen atoms in total. The van der Waals surface area contributed by atoms with Crippen molar-refractivity contribution in [2.24, 2.45) is 0 Å². The molecule has 0 amide bonds. The quantitative estimate of drug-likeness (QED) is 0.563. The van der Waals surface area contributed by atoms with Crippen molar-refractivity contribution in [3.05, 3.63) is 63.8 Å². The summed E-state index contributed by atoms with van der Waals surface area (Å²) in [5.41, 5.74) is 1.68. The number of nitrogens with one attached hydrogen (secondary N) is 1. The number of nitro benzene ring substituents is 1. The molecule has 0 saturated heterocycles. The maximum Gasteiger partial charge on any atom is 0.270 e. The number of nitrogens with zero attached hydrogens (tertiary/aromatic N) is 4. The van der Waals surface area contributed by atoms with Crippen molar-refractivity contribution in [1.82, 2.24) is 9.97 Å². The first-order valence-corrected chi connectivity index (χ1v) is 7.33. The van der Waals surface area contributed by atoms with Crippen LogP contribution >= 0.6 is 0 Å². The van der Waals surface area contributed by atoms with Gasteiger partial charge in [-0.15, -0.1) is 0 Å². The summed E-state index contributed by atoms with van der Waals surface area (Å²) < 4.78 is 5.01. The number of hydrogen-bond donors (Lipinski definition) is 1. The lowest BCUT2D eigenvalue weighted by atomic mass is 10.1. The third-order valence-electron chi connectivity index (χ3n) is 3.60. The molecule has 0 saturated carbocycles. The molecule has 8 heteroatoms. The van der Waals surface area contributed by atoms with Crippen molar-refractivity contribution in [1.29, 1.82) is 5.26 Å². The van der Waals surface area contributed by atoms with E-state index in [1.54, 1.807) is 25.4 Å². The second kappa shape index (κ2) is 6.80. The number of rotatable bonds is 5. The molecule has 0 aliphatic heterocycles. The standard InChI is InChI=1S/C17H13N5O3/c1-25-17-5-2-11(10-20-17)9-19-16-6-12(8-18)14-7-13(22(23)24)3-4-15(14)21-16/h2-7,10H,9H2,1H3,(H,19,21). The summed E-state index contributed by atoms with van der Waals surface area (Å²) >= 11 is 0. The molecule has 0 aliphatic rings. The van der Waals surface area contributed by atoms with Crippen molar-refractivity contribution < 1.29 is 9.66 Å². The number of fused-ring (bicyclic) bond motifs is 1. The fourth-order valence-corrected chi connectivity index (χ4v) is 2.34. The largest absolute Gasteiger partial charge is 0.481 e. The van der Waals surface area contributed by atoms with E-state index in [1.165, 1.54) is 18.2 Å². The molecule has 1 aromatic carbocycles. The number of hydrogen-bond acceptors (Lipinski definition) is 7. The Morgan fingerprint density at radius 3 is 2.80 bits per heavy atom. The maximum absolute atomic E-state index is 10.9. The zero-order valence-corrected chi connectivity index (χ0v) is 13.3. The fourth-order valence-electron chi connectivity index (χ4n) is 2.34. The second-order valence-corrected chi connectivity index (χ2v) is 5.19. The van der Waals surface area contributed by atoms with Crippen LogP contribution in [0.15, 0.2) is 42.6 Å². The van der Waals surface area contributed by atoms with Crippen LogP contribution in [0.4, 0.5) is 11.5 Å². The summed E-state index contributed by atoms with van der Waals surface area (Å²) in [5.74, 6) is 1.04. The van der Waals surface area contributed by atoms with Gasteiger partial charge in [-0.3, -0.25) is 10.1 Å². The predicted molar refractivity (Wildman–Crippen MR) is 91.2 cm³/mol. The van der Waals surface area contributed by atoms with E-state index in [4.69, 9.17) is 4.74 Å². The molecule has 0 unspecified atom stereocenters. The van der Waals surface area contributed by atoms with Crippen LogP contribution in [-0.4, -0.2) is 22.0 Å². The number of benzene rings is 1. The molecule has 124 valence electrons. The summed E-state index contributed by atoms with van der Waals surface area (Å²) in [6, 6.07) is 11.5. The Bertz CT molecular complexity index is 980. The Balaban J connectivity index is 1.87. The number of ether oxygens (including phenoxy) is 1. The van der Waals surface area contributed by atoms with E-state index in [9.17, 15) is 15.4 Å². The van der Waals surface area contributed by atoms with Gasteiger partial charge in [0.05, 0.1) is 29.2 Å². The van der Waals surface area contributed by atoms with Gasteiger partial charge in [0.2, 0.25) is 5.88 Å². The lowest BCUT2D eigenvalue weighted by Crippen LogP contribution is -2.03. The Morgan fingerprint density at radius 1 is 1.32 bits per heavy atom. The van der Waals surface area contributed by atoms with Crippen molar-refractivity contribution >= 4 is 22.4 Å². The third kappa shape index (κ3) is 3.45. The van der Waals surface area contributed by atoms with Crippen LogP contribution in [0.25, 0.3) is 10.9 Å². The van der Waals surface area contributed by atoms with Crippen LogP contribution in [0, 0.1) is 21.4 Å².